The zero-order valence-corrected chi connectivity index (χ0v) is 8.86. The Kier molecular flexibility index (Phi) is 3.85. The predicted octanol–water partition coefficient (Wildman–Crippen LogP) is 3.07. The van der Waals surface area contributed by atoms with E-state index in [0.717, 1.165) is 31.4 Å². The summed E-state index contributed by atoms with van der Waals surface area (Å²) in [6.07, 6.45) is 3.74. The molecular weight excluding hydrogens is 172 g/mol. The summed E-state index contributed by atoms with van der Waals surface area (Å²) >= 11 is 5.95. The Morgan fingerprint density at radius 3 is 2.58 bits per heavy atom. The highest BCUT2D eigenvalue weighted by molar-refractivity contribution is 6.18. The Bertz CT molecular complexity index is 130. The van der Waals surface area contributed by atoms with Gasteiger partial charge in [-0.1, -0.05) is 6.92 Å². The molecule has 0 spiro atoms. The number of halogens is 1. The smallest absolute Gasteiger partial charge is 0.0471 e. The maximum atomic E-state index is 5.95. The van der Waals surface area contributed by atoms with Crippen molar-refractivity contribution in [3.05, 3.63) is 0 Å². The monoisotopic (exact) mass is 190 g/mol. The fourth-order valence-corrected chi connectivity index (χ4v) is 2.58. The molecule has 1 fully saturated rings. The van der Waals surface area contributed by atoms with Gasteiger partial charge in [-0.2, -0.15) is 0 Å². The van der Waals surface area contributed by atoms with Crippen LogP contribution in [-0.2, 0) is 4.74 Å². The first-order valence-corrected chi connectivity index (χ1v) is 5.39. The van der Waals surface area contributed by atoms with Gasteiger partial charge in [0.1, 0.15) is 0 Å². The molecule has 2 heteroatoms. The lowest BCUT2D eigenvalue weighted by molar-refractivity contribution is 0.0359. The van der Waals surface area contributed by atoms with E-state index in [1.54, 1.807) is 0 Å². The van der Waals surface area contributed by atoms with Crippen molar-refractivity contribution in [1.82, 2.24) is 0 Å². The second-order valence-electron chi connectivity index (χ2n) is 4.09. The van der Waals surface area contributed by atoms with Crippen molar-refractivity contribution in [3.8, 4) is 0 Å². The van der Waals surface area contributed by atoms with Gasteiger partial charge in [0.25, 0.3) is 0 Å². The van der Waals surface area contributed by atoms with Crippen molar-refractivity contribution in [3.63, 3.8) is 0 Å². The number of hydrogen-bond donors (Lipinski definition) is 0. The molecule has 0 amide bonds. The quantitative estimate of drug-likeness (QED) is 0.478. The first-order valence-electron chi connectivity index (χ1n) is 4.86. The molecule has 0 heterocycles. The van der Waals surface area contributed by atoms with Gasteiger partial charge in [0.15, 0.2) is 0 Å². The lowest BCUT2D eigenvalue weighted by Gasteiger charge is -2.45. The lowest BCUT2D eigenvalue weighted by Crippen LogP contribution is -2.38. The van der Waals surface area contributed by atoms with E-state index in [1.807, 2.05) is 6.92 Å². The molecule has 1 aliphatic rings. The molecule has 72 valence electrons. The summed E-state index contributed by atoms with van der Waals surface area (Å²) < 4.78 is 5.34. The maximum Gasteiger partial charge on any atom is 0.0471 e. The number of hydrogen-bond acceptors (Lipinski definition) is 1. The molecular formula is C10H19ClO. The van der Waals surface area contributed by atoms with E-state index >= 15 is 0 Å². The van der Waals surface area contributed by atoms with Crippen LogP contribution in [0.5, 0.6) is 0 Å². The molecule has 0 aromatic carbocycles. The zero-order valence-electron chi connectivity index (χ0n) is 8.11. The fraction of sp³-hybridized carbons (Fsp3) is 1.00. The summed E-state index contributed by atoms with van der Waals surface area (Å²) in [7, 11) is 0. The predicted molar refractivity (Wildman–Crippen MR) is 52.7 cm³/mol. The van der Waals surface area contributed by atoms with Crippen molar-refractivity contribution in [2.75, 3.05) is 19.1 Å². The second-order valence-corrected chi connectivity index (χ2v) is 4.36. The van der Waals surface area contributed by atoms with Crippen molar-refractivity contribution in [2.24, 2.45) is 11.3 Å². The van der Waals surface area contributed by atoms with Gasteiger partial charge in [-0.05, 0) is 37.5 Å². The summed E-state index contributed by atoms with van der Waals surface area (Å²) in [4.78, 5) is 0. The van der Waals surface area contributed by atoms with Gasteiger partial charge in [-0.15, -0.1) is 11.6 Å². The van der Waals surface area contributed by atoms with Gasteiger partial charge in [0, 0.05) is 19.1 Å². The van der Waals surface area contributed by atoms with Crippen molar-refractivity contribution in [1.29, 1.82) is 0 Å². The normalized spacial score (nSPS) is 34.8. The molecule has 0 unspecified atom stereocenters. The standard InChI is InChI=1S/C10H19ClO/c1-3-12-5-4-10(8-11)6-9(2)7-10/h9H,3-8H2,1-2H3. The minimum atomic E-state index is 0.427. The Labute approximate surface area is 80.4 Å². The van der Waals surface area contributed by atoms with Crippen LogP contribution in [0.3, 0.4) is 0 Å². The van der Waals surface area contributed by atoms with E-state index in [-0.39, 0.29) is 0 Å². The third-order valence-electron chi connectivity index (χ3n) is 2.83. The summed E-state index contributed by atoms with van der Waals surface area (Å²) in [5, 5.41) is 0. The Balaban J connectivity index is 2.18. The number of ether oxygens (including phenoxy) is 1. The van der Waals surface area contributed by atoms with Crippen molar-refractivity contribution >= 4 is 11.6 Å². The van der Waals surface area contributed by atoms with Gasteiger partial charge < -0.3 is 4.74 Å². The fourth-order valence-electron chi connectivity index (χ4n) is 2.23. The van der Waals surface area contributed by atoms with Gasteiger partial charge >= 0.3 is 0 Å². The molecule has 0 aromatic heterocycles. The van der Waals surface area contributed by atoms with Gasteiger partial charge in [0.2, 0.25) is 0 Å². The molecule has 1 rings (SSSR count). The molecule has 0 aromatic rings. The molecule has 0 bridgehead atoms. The van der Waals surface area contributed by atoms with E-state index in [1.165, 1.54) is 12.8 Å². The third-order valence-corrected chi connectivity index (χ3v) is 3.39. The maximum absolute atomic E-state index is 5.95. The molecule has 0 atom stereocenters. The average Bonchev–Trinajstić information content (AvgIpc) is 2.01. The summed E-state index contributed by atoms with van der Waals surface area (Å²) in [6.45, 7) is 6.05. The number of alkyl halides is 1. The zero-order chi connectivity index (χ0) is 9.03. The molecule has 1 saturated carbocycles. The summed E-state index contributed by atoms with van der Waals surface area (Å²) in [5.74, 6) is 1.69. The van der Waals surface area contributed by atoms with Crippen LogP contribution in [0.15, 0.2) is 0 Å². The summed E-state index contributed by atoms with van der Waals surface area (Å²) in [6, 6.07) is 0. The van der Waals surface area contributed by atoms with Crippen molar-refractivity contribution < 1.29 is 4.74 Å². The van der Waals surface area contributed by atoms with Gasteiger partial charge in [-0.25, -0.2) is 0 Å². The van der Waals surface area contributed by atoms with Gasteiger partial charge in [0.05, 0.1) is 0 Å². The van der Waals surface area contributed by atoms with Gasteiger partial charge in [-0.3, -0.25) is 0 Å². The Morgan fingerprint density at radius 1 is 1.50 bits per heavy atom. The number of rotatable bonds is 5. The van der Waals surface area contributed by atoms with Crippen LogP contribution in [0.1, 0.15) is 33.1 Å². The summed E-state index contributed by atoms with van der Waals surface area (Å²) in [5.41, 5.74) is 0.427. The van der Waals surface area contributed by atoms with E-state index in [0.29, 0.717) is 5.41 Å². The molecule has 0 N–H and O–H groups in total. The van der Waals surface area contributed by atoms with E-state index < -0.39 is 0 Å². The molecule has 1 nitrogen and oxygen atoms in total. The van der Waals surface area contributed by atoms with Crippen LogP contribution in [0.4, 0.5) is 0 Å². The van der Waals surface area contributed by atoms with Crippen LogP contribution < -0.4 is 0 Å². The highest BCUT2D eigenvalue weighted by atomic mass is 35.5. The second kappa shape index (κ2) is 4.48. The Morgan fingerprint density at radius 2 is 2.17 bits per heavy atom. The molecule has 0 saturated heterocycles. The largest absolute Gasteiger partial charge is 0.382 e. The molecule has 0 radical (unpaired) electrons. The van der Waals surface area contributed by atoms with Crippen LogP contribution in [0.25, 0.3) is 0 Å². The van der Waals surface area contributed by atoms with Crippen molar-refractivity contribution in [2.45, 2.75) is 33.1 Å². The lowest BCUT2D eigenvalue weighted by atomic mass is 9.62. The topological polar surface area (TPSA) is 9.23 Å². The molecule has 0 aliphatic heterocycles. The highest BCUT2D eigenvalue weighted by Crippen LogP contribution is 2.48. The van der Waals surface area contributed by atoms with E-state index in [2.05, 4.69) is 6.92 Å². The third kappa shape index (κ3) is 2.37. The SMILES string of the molecule is CCOCCC1(CCl)CC(C)C1. The molecule has 12 heavy (non-hydrogen) atoms. The Hall–Kier alpha value is 0.250. The van der Waals surface area contributed by atoms with Crippen LogP contribution in [0.2, 0.25) is 0 Å². The van der Waals surface area contributed by atoms with E-state index in [9.17, 15) is 0 Å². The first kappa shape index (κ1) is 10.3. The highest BCUT2D eigenvalue weighted by Gasteiger charge is 2.40. The van der Waals surface area contributed by atoms with E-state index in [4.69, 9.17) is 16.3 Å². The first-order chi connectivity index (χ1) is 5.72. The minimum Gasteiger partial charge on any atom is -0.382 e. The molecule has 1 aliphatic carbocycles. The minimum absolute atomic E-state index is 0.427. The van der Waals surface area contributed by atoms with Crippen LogP contribution >= 0.6 is 11.6 Å². The van der Waals surface area contributed by atoms with Crippen LogP contribution in [-0.4, -0.2) is 19.1 Å². The average molecular weight is 191 g/mol. The van der Waals surface area contributed by atoms with Crippen LogP contribution in [0, 0.1) is 11.3 Å².